The first-order chi connectivity index (χ1) is 11.6. The standard InChI is InChI=1S/C19H22N2O3/c1-20(2)14-19(22)21(16-6-4-3-5-7-16)13-15-8-9-17-18(12-15)24-11-10-23-17/h3-9,12H,10-11,13-14H2,1-2H3. The second-order valence-corrected chi connectivity index (χ2v) is 6.03. The number of carbonyl (C=O) groups excluding carboxylic acids is 1. The van der Waals surface area contributed by atoms with E-state index in [0.29, 0.717) is 26.3 Å². The van der Waals surface area contributed by atoms with Crippen LogP contribution in [0.5, 0.6) is 11.5 Å². The van der Waals surface area contributed by atoms with Crippen molar-refractivity contribution in [2.24, 2.45) is 0 Å². The quantitative estimate of drug-likeness (QED) is 0.847. The van der Waals surface area contributed by atoms with Crippen LogP contribution in [0.2, 0.25) is 0 Å². The molecule has 24 heavy (non-hydrogen) atoms. The van der Waals surface area contributed by atoms with Gasteiger partial charge in [0.2, 0.25) is 5.91 Å². The summed E-state index contributed by atoms with van der Waals surface area (Å²) < 4.78 is 11.2. The van der Waals surface area contributed by atoms with Crippen molar-refractivity contribution in [3.05, 3.63) is 54.1 Å². The first kappa shape index (κ1) is 16.3. The number of hydrogen-bond acceptors (Lipinski definition) is 4. The molecule has 0 saturated heterocycles. The zero-order valence-electron chi connectivity index (χ0n) is 14.1. The van der Waals surface area contributed by atoms with Crippen LogP contribution < -0.4 is 14.4 Å². The molecule has 1 aliphatic rings. The Hall–Kier alpha value is -2.53. The number of rotatable bonds is 5. The smallest absolute Gasteiger partial charge is 0.241 e. The van der Waals surface area contributed by atoms with E-state index in [4.69, 9.17) is 9.47 Å². The zero-order valence-corrected chi connectivity index (χ0v) is 14.1. The van der Waals surface area contributed by atoms with Gasteiger partial charge in [-0.15, -0.1) is 0 Å². The highest BCUT2D eigenvalue weighted by molar-refractivity contribution is 5.94. The highest BCUT2D eigenvalue weighted by Gasteiger charge is 2.18. The molecule has 126 valence electrons. The number of hydrogen-bond donors (Lipinski definition) is 0. The summed E-state index contributed by atoms with van der Waals surface area (Å²) in [5.74, 6) is 1.56. The van der Waals surface area contributed by atoms with Gasteiger partial charge in [0.15, 0.2) is 11.5 Å². The average Bonchev–Trinajstić information content (AvgIpc) is 2.59. The molecular formula is C19H22N2O3. The molecule has 0 saturated carbocycles. The highest BCUT2D eigenvalue weighted by Crippen LogP contribution is 2.31. The van der Waals surface area contributed by atoms with Crippen molar-refractivity contribution in [3.63, 3.8) is 0 Å². The fraction of sp³-hybridized carbons (Fsp3) is 0.316. The number of carbonyl (C=O) groups is 1. The lowest BCUT2D eigenvalue weighted by Gasteiger charge is -2.25. The number of likely N-dealkylation sites (N-methyl/N-ethyl adjacent to an activating group) is 1. The van der Waals surface area contributed by atoms with Crippen LogP contribution in [0.4, 0.5) is 5.69 Å². The SMILES string of the molecule is CN(C)CC(=O)N(Cc1ccc2c(c1)OCCO2)c1ccccc1. The summed E-state index contributed by atoms with van der Waals surface area (Å²) in [5.41, 5.74) is 1.90. The monoisotopic (exact) mass is 326 g/mol. The zero-order chi connectivity index (χ0) is 16.9. The van der Waals surface area contributed by atoms with Crippen molar-refractivity contribution in [2.45, 2.75) is 6.54 Å². The minimum atomic E-state index is 0.0566. The minimum Gasteiger partial charge on any atom is -0.486 e. The lowest BCUT2D eigenvalue weighted by molar-refractivity contribution is -0.119. The van der Waals surface area contributed by atoms with E-state index < -0.39 is 0 Å². The molecular weight excluding hydrogens is 304 g/mol. The normalized spacial score (nSPS) is 13.0. The molecule has 1 amide bonds. The maximum absolute atomic E-state index is 12.7. The second-order valence-electron chi connectivity index (χ2n) is 6.03. The van der Waals surface area contributed by atoms with E-state index in [9.17, 15) is 4.79 Å². The van der Waals surface area contributed by atoms with Gasteiger partial charge in [-0.05, 0) is 43.9 Å². The fourth-order valence-corrected chi connectivity index (χ4v) is 2.66. The van der Waals surface area contributed by atoms with Gasteiger partial charge in [-0.3, -0.25) is 4.79 Å². The van der Waals surface area contributed by atoms with E-state index in [1.54, 1.807) is 4.90 Å². The van der Waals surface area contributed by atoms with E-state index in [-0.39, 0.29) is 5.91 Å². The molecule has 0 N–H and O–H groups in total. The van der Waals surface area contributed by atoms with Crippen molar-refractivity contribution in [3.8, 4) is 11.5 Å². The van der Waals surface area contributed by atoms with Gasteiger partial charge in [0.1, 0.15) is 13.2 Å². The van der Waals surface area contributed by atoms with Crippen molar-refractivity contribution in [2.75, 3.05) is 38.8 Å². The number of fused-ring (bicyclic) bond motifs is 1. The van der Waals surface area contributed by atoms with E-state index in [1.807, 2.05) is 67.5 Å². The predicted molar refractivity (Wildman–Crippen MR) is 93.6 cm³/mol. The van der Waals surface area contributed by atoms with Crippen molar-refractivity contribution in [1.29, 1.82) is 0 Å². The largest absolute Gasteiger partial charge is 0.486 e. The van der Waals surface area contributed by atoms with E-state index in [2.05, 4.69) is 0 Å². The molecule has 1 aliphatic heterocycles. The van der Waals surface area contributed by atoms with Gasteiger partial charge in [0.25, 0.3) is 0 Å². The second kappa shape index (κ2) is 7.36. The topological polar surface area (TPSA) is 42.0 Å². The van der Waals surface area contributed by atoms with Crippen LogP contribution in [-0.2, 0) is 11.3 Å². The Morgan fingerprint density at radius 1 is 1.00 bits per heavy atom. The van der Waals surface area contributed by atoms with Crippen LogP contribution in [0, 0.1) is 0 Å². The van der Waals surface area contributed by atoms with Gasteiger partial charge in [0.05, 0.1) is 13.1 Å². The van der Waals surface area contributed by atoms with Crippen molar-refractivity contribution in [1.82, 2.24) is 4.90 Å². The number of amides is 1. The number of benzene rings is 2. The number of para-hydroxylation sites is 1. The van der Waals surface area contributed by atoms with E-state index in [1.165, 1.54) is 0 Å². The molecule has 0 aromatic heterocycles. The van der Waals surface area contributed by atoms with E-state index >= 15 is 0 Å². The minimum absolute atomic E-state index is 0.0566. The van der Waals surface area contributed by atoms with Gasteiger partial charge in [-0.1, -0.05) is 24.3 Å². The Kier molecular flexibility index (Phi) is 5.01. The van der Waals surface area contributed by atoms with Crippen LogP contribution >= 0.6 is 0 Å². The van der Waals surface area contributed by atoms with Crippen LogP contribution in [-0.4, -0.2) is 44.7 Å². The Bertz CT molecular complexity index is 701. The van der Waals surface area contributed by atoms with E-state index in [0.717, 1.165) is 22.7 Å². The summed E-state index contributed by atoms with van der Waals surface area (Å²) >= 11 is 0. The van der Waals surface area contributed by atoms with Gasteiger partial charge < -0.3 is 19.3 Å². The van der Waals surface area contributed by atoms with Crippen molar-refractivity contribution >= 4 is 11.6 Å². The molecule has 2 aromatic carbocycles. The van der Waals surface area contributed by atoms with Crippen molar-refractivity contribution < 1.29 is 14.3 Å². The van der Waals surface area contributed by atoms with Crippen LogP contribution in [0.15, 0.2) is 48.5 Å². The molecule has 0 atom stereocenters. The molecule has 1 heterocycles. The molecule has 0 unspecified atom stereocenters. The lowest BCUT2D eigenvalue weighted by atomic mass is 10.1. The fourth-order valence-electron chi connectivity index (χ4n) is 2.66. The lowest BCUT2D eigenvalue weighted by Crippen LogP contribution is -2.37. The third kappa shape index (κ3) is 3.86. The number of anilines is 1. The molecule has 0 bridgehead atoms. The maximum atomic E-state index is 12.7. The summed E-state index contributed by atoms with van der Waals surface area (Å²) in [6, 6.07) is 15.6. The van der Waals surface area contributed by atoms with Crippen LogP contribution in [0.3, 0.4) is 0 Å². The van der Waals surface area contributed by atoms with Gasteiger partial charge in [-0.25, -0.2) is 0 Å². The molecule has 5 heteroatoms. The van der Waals surface area contributed by atoms with Gasteiger partial charge in [0, 0.05) is 5.69 Å². The summed E-state index contributed by atoms with van der Waals surface area (Å²) in [6.07, 6.45) is 0. The summed E-state index contributed by atoms with van der Waals surface area (Å²) in [6.45, 7) is 1.98. The van der Waals surface area contributed by atoms with Gasteiger partial charge >= 0.3 is 0 Å². The molecule has 0 aliphatic carbocycles. The number of ether oxygens (including phenoxy) is 2. The summed E-state index contributed by atoms with van der Waals surface area (Å²) in [5, 5.41) is 0. The first-order valence-electron chi connectivity index (χ1n) is 8.02. The number of nitrogens with zero attached hydrogens (tertiary/aromatic N) is 2. The average molecular weight is 326 g/mol. The van der Waals surface area contributed by atoms with Gasteiger partial charge in [-0.2, -0.15) is 0 Å². The molecule has 0 radical (unpaired) electrons. The Labute approximate surface area is 142 Å². The Balaban J connectivity index is 1.85. The summed E-state index contributed by atoms with van der Waals surface area (Å²) in [7, 11) is 3.79. The Morgan fingerprint density at radius 3 is 2.42 bits per heavy atom. The molecule has 3 rings (SSSR count). The third-order valence-corrected chi connectivity index (χ3v) is 3.77. The van der Waals surface area contributed by atoms with Crippen LogP contribution in [0.1, 0.15) is 5.56 Å². The molecule has 0 fully saturated rings. The maximum Gasteiger partial charge on any atom is 0.241 e. The van der Waals surface area contributed by atoms with Crippen LogP contribution in [0.25, 0.3) is 0 Å². The molecule has 0 spiro atoms. The predicted octanol–water partition coefficient (Wildman–Crippen LogP) is 2.55. The third-order valence-electron chi connectivity index (χ3n) is 3.77. The summed E-state index contributed by atoms with van der Waals surface area (Å²) in [4.78, 5) is 16.3. The Morgan fingerprint density at radius 2 is 1.71 bits per heavy atom. The molecule has 2 aromatic rings. The highest BCUT2D eigenvalue weighted by atomic mass is 16.6. The first-order valence-corrected chi connectivity index (χ1v) is 8.02. The molecule has 5 nitrogen and oxygen atoms in total.